The van der Waals surface area contributed by atoms with Crippen LogP contribution >= 0.6 is 0 Å². The average Bonchev–Trinajstić information content (AvgIpc) is 2.04. The number of aromatic nitrogens is 1. The highest BCUT2D eigenvalue weighted by molar-refractivity contribution is 5.38. The lowest BCUT2D eigenvalue weighted by Crippen LogP contribution is -2.43. The van der Waals surface area contributed by atoms with Gasteiger partial charge in [0, 0.05) is 6.07 Å². The summed E-state index contributed by atoms with van der Waals surface area (Å²) >= 11 is 0. The van der Waals surface area contributed by atoms with Crippen LogP contribution in [-0.4, -0.2) is 7.11 Å². The Kier molecular flexibility index (Phi) is 1.93. The van der Waals surface area contributed by atoms with E-state index in [0.717, 1.165) is 0 Å². The standard InChI is InChI=1S/C7H8N3O/c1-11-7-5-10(9)3-2-6(7)4-8/h2-3,5H,9H2,1H3/q+1. The van der Waals surface area contributed by atoms with Crippen LogP contribution in [0.15, 0.2) is 18.5 Å². The number of nitrogen functional groups attached to an aromatic ring is 1. The minimum atomic E-state index is 0.481. The molecule has 11 heavy (non-hydrogen) atoms. The lowest BCUT2D eigenvalue weighted by Gasteiger charge is -1.96. The van der Waals surface area contributed by atoms with E-state index in [1.54, 1.807) is 18.5 Å². The van der Waals surface area contributed by atoms with Crippen molar-refractivity contribution in [3.63, 3.8) is 0 Å². The van der Waals surface area contributed by atoms with E-state index in [4.69, 9.17) is 15.8 Å². The second-order valence-corrected chi connectivity index (χ2v) is 1.99. The second-order valence-electron chi connectivity index (χ2n) is 1.99. The van der Waals surface area contributed by atoms with E-state index in [1.807, 2.05) is 6.07 Å². The molecule has 0 amide bonds. The molecule has 0 bridgehead atoms. The molecule has 1 aromatic heterocycles. The molecule has 0 aromatic carbocycles. The third kappa shape index (κ3) is 1.38. The van der Waals surface area contributed by atoms with Crippen LogP contribution in [-0.2, 0) is 0 Å². The maximum atomic E-state index is 8.56. The van der Waals surface area contributed by atoms with Gasteiger partial charge in [-0.3, -0.25) is 0 Å². The first-order chi connectivity index (χ1) is 5.27. The monoisotopic (exact) mass is 150 g/mol. The Bertz CT molecular complexity index is 303. The maximum Gasteiger partial charge on any atom is 0.242 e. The van der Waals surface area contributed by atoms with Gasteiger partial charge >= 0.3 is 0 Å². The van der Waals surface area contributed by atoms with Crippen LogP contribution < -0.4 is 15.3 Å². The highest BCUT2D eigenvalue weighted by atomic mass is 16.5. The molecule has 0 saturated heterocycles. The predicted octanol–water partition coefficient (Wildman–Crippen LogP) is -0.432. The number of rotatable bonds is 1. The van der Waals surface area contributed by atoms with Crippen molar-refractivity contribution in [3.05, 3.63) is 24.0 Å². The Morgan fingerprint density at radius 2 is 2.45 bits per heavy atom. The molecule has 4 nitrogen and oxygen atoms in total. The normalized spacial score (nSPS) is 8.73. The van der Waals surface area contributed by atoms with Gasteiger partial charge in [0.1, 0.15) is 11.6 Å². The summed E-state index contributed by atoms with van der Waals surface area (Å²) in [6.07, 6.45) is 3.12. The van der Waals surface area contributed by atoms with Gasteiger partial charge < -0.3 is 4.74 Å². The van der Waals surface area contributed by atoms with Crippen molar-refractivity contribution in [2.24, 2.45) is 0 Å². The lowest BCUT2D eigenvalue weighted by atomic mass is 10.3. The highest BCUT2D eigenvalue weighted by Crippen LogP contribution is 2.11. The third-order valence-corrected chi connectivity index (χ3v) is 1.29. The second kappa shape index (κ2) is 2.88. The van der Waals surface area contributed by atoms with Gasteiger partial charge in [-0.15, -0.1) is 0 Å². The first kappa shape index (κ1) is 7.35. The fourth-order valence-corrected chi connectivity index (χ4v) is 0.746. The van der Waals surface area contributed by atoms with Crippen molar-refractivity contribution in [1.82, 2.24) is 0 Å². The lowest BCUT2D eigenvalue weighted by molar-refractivity contribution is -0.639. The molecule has 0 atom stereocenters. The molecule has 1 rings (SSSR count). The van der Waals surface area contributed by atoms with E-state index in [1.165, 1.54) is 11.8 Å². The van der Waals surface area contributed by atoms with Gasteiger partial charge in [-0.25, -0.2) is 5.84 Å². The number of hydrogen-bond donors (Lipinski definition) is 1. The van der Waals surface area contributed by atoms with E-state index >= 15 is 0 Å². The fraction of sp³-hybridized carbons (Fsp3) is 0.143. The van der Waals surface area contributed by atoms with Gasteiger partial charge in [-0.05, 0) is 0 Å². The minimum Gasteiger partial charge on any atom is -0.490 e. The van der Waals surface area contributed by atoms with Gasteiger partial charge in [0.25, 0.3) is 0 Å². The zero-order chi connectivity index (χ0) is 8.27. The Labute approximate surface area is 64.4 Å². The number of hydrogen-bond acceptors (Lipinski definition) is 3. The molecule has 0 aliphatic carbocycles. The fourth-order valence-electron chi connectivity index (χ4n) is 0.746. The molecule has 0 fully saturated rings. The molecule has 0 saturated carbocycles. The molecule has 0 spiro atoms. The average molecular weight is 150 g/mol. The zero-order valence-electron chi connectivity index (χ0n) is 6.11. The highest BCUT2D eigenvalue weighted by Gasteiger charge is 2.06. The molecule has 1 aromatic rings. The van der Waals surface area contributed by atoms with Crippen molar-refractivity contribution in [2.75, 3.05) is 13.0 Å². The minimum absolute atomic E-state index is 0.481. The van der Waals surface area contributed by atoms with E-state index in [2.05, 4.69) is 0 Å². The number of ether oxygens (including phenoxy) is 1. The summed E-state index contributed by atoms with van der Waals surface area (Å²) in [5, 5.41) is 8.56. The smallest absolute Gasteiger partial charge is 0.242 e. The van der Waals surface area contributed by atoms with Gasteiger partial charge in [0.2, 0.25) is 18.1 Å². The first-order valence-corrected chi connectivity index (χ1v) is 3.02. The summed E-state index contributed by atoms with van der Waals surface area (Å²) in [6.45, 7) is 0. The number of nitrogens with zero attached hydrogens (tertiary/aromatic N) is 2. The van der Waals surface area contributed by atoms with Crippen molar-refractivity contribution in [3.8, 4) is 11.8 Å². The molecule has 4 heteroatoms. The SMILES string of the molecule is COc1c[n+](N)ccc1C#N. The summed E-state index contributed by atoms with van der Waals surface area (Å²) in [7, 11) is 1.50. The van der Waals surface area contributed by atoms with Crippen LogP contribution in [0.25, 0.3) is 0 Å². The molecular formula is C7H8N3O+. The molecule has 0 radical (unpaired) electrons. The first-order valence-electron chi connectivity index (χ1n) is 3.02. The summed E-state index contributed by atoms with van der Waals surface area (Å²) in [6, 6.07) is 3.58. The largest absolute Gasteiger partial charge is 0.490 e. The van der Waals surface area contributed by atoms with Crippen LogP contribution in [0.2, 0.25) is 0 Å². The number of methoxy groups -OCH3 is 1. The molecular weight excluding hydrogens is 142 g/mol. The van der Waals surface area contributed by atoms with Crippen LogP contribution in [0.1, 0.15) is 5.56 Å². The van der Waals surface area contributed by atoms with Crippen molar-refractivity contribution in [2.45, 2.75) is 0 Å². The maximum absolute atomic E-state index is 8.56. The van der Waals surface area contributed by atoms with E-state index in [9.17, 15) is 0 Å². The van der Waals surface area contributed by atoms with E-state index in [-0.39, 0.29) is 0 Å². The number of nitriles is 1. The van der Waals surface area contributed by atoms with Gasteiger partial charge in [0.05, 0.1) is 7.11 Å². The quantitative estimate of drug-likeness (QED) is 0.436. The molecule has 2 N–H and O–H groups in total. The predicted molar refractivity (Wildman–Crippen MR) is 38.1 cm³/mol. The van der Waals surface area contributed by atoms with E-state index in [0.29, 0.717) is 11.3 Å². The molecule has 0 aliphatic rings. The number of pyridine rings is 1. The summed E-state index contributed by atoms with van der Waals surface area (Å²) in [4.78, 5) is 0. The number of nitrogens with two attached hydrogens (primary N) is 1. The van der Waals surface area contributed by atoms with E-state index < -0.39 is 0 Å². The van der Waals surface area contributed by atoms with Gasteiger partial charge in [0.15, 0.2) is 0 Å². The summed E-state index contributed by atoms with van der Waals surface area (Å²) in [5.41, 5.74) is 0.481. The zero-order valence-corrected chi connectivity index (χ0v) is 6.11. The Morgan fingerprint density at radius 3 is 3.00 bits per heavy atom. The van der Waals surface area contributed by atoms with Crippen molar-refractivity contribution >= 4 is 0 Å². The van der Waals surface area contributed by atoms with Crippen molar-refractivity contribution in [1.29, 1.82) is 5.26 Å². The van der Waals surface area contributed by atoms with Gasteiger partial charge in [-0.2, -0.15) is 5.26 Å². The third-order valence-electron chi connectivity index (χ3n) is 1.29. The van der Waals surface area contributed by atoms with Crippen molar-refractivity contribution < 1.29 is 9.41 Å². The van der Waals surface area contributed by atoms with Gasteiger partial charge in [-0.1, -0.05) is 4.68 Å². The summed E-state index contributed by atoms with van der Waals surface area (Å²) in [5.74, 6) is 5.87. The topological polar surface area (TPSA) is 62.9 Å². The molecule has 56 valence electrons. The van der Waals surface area contributed by atoms with Crippen LogP contribution in [0.4, 0.5) is 0 Å². The molecule has 0 unspecified atom stereocenters. The Balaban J connectivity index is 3.19. The molecule has 1 heterocycles. The summed E-state index contributed by atoms with van der Waals surface area (Å²) < 4.78 is 6.23. The van der Waals surface area contributed by atoms with Crippen LogP contribution in [0.3, 0.4) is 0 Å². The molecule has 0 aliphatic heterocycles. The Morgan fingerprint density at radius 1 is 1.73 bits per heavy atom. The van der Waals surface area contributed by atoms with Crippen LogP contribution in [0, 0.1) is 11.3 Å². The van der Waals surface area contributed by atoms with Crippen LogP contribution in [0.5, 0.6) is 5.75 Å². The Hall–Kier alpha value is -1.76.